The summed E-state index contributed by atoms with van der Waals surface area (Å²) in [6, 6.07) is 3.77. The number of nitrogens with zero attached hydrogens (tertiary/aromatic N) is 1. The van der Waals surface area contributed by atoms with Crippen LogP contribution in [0.15, 0.2) is 12.1 Å². The Labute approximate surface area is 122 Å². The summed E-state index contributed by atoms with van der Waals surface area (Å²) in [6.45, 7) is 9.28. The molecule has 1 aromatic heterocycles. The molecule has 0 aromatic carbocycles. The van der Waals surface area contributed by atoms with Crippen molar-refractivity contribution in [1.82, 2.24) is 4.98 Å². The monoisotopic (exact) mass is 277 g/mol. The number of rotatable bonds is 4. The normalized spacial score (nSPS) is 18.0. The summed E-state index contributed by atoms with van der Waals surface area (Å²) in [7, 11) is 0. The van der Waals surface area contributed by atoms with Gasteiger partial charge in [0.2, 0.25) is 5.88 Å². The van der Waals surface area contributed by atoms with Crippen molar-refractivity contribution in [2.24, 2.45) is 5.41 Å². The Morgan fingerprint density at radius 3 is 2.55 bits per heavy atom. The highest BCUT2D eigenvalue weighted by molar-refractivity contribution is 5.53. The first-order valence-electron chi connectivity index (χ1n) is 7.47. The molecule has 0 radical (unpaired) electrons. The summed E-state index contributed by atoms with van der Waals surface area (Å²) in [6.07, 6.45) is 5.26. The summed E-state index contributed by atoms with van der Waals surface area (Å²) >= 11 is 0. The molecule has 0 spiro atoms. The van der Waals surface area contributed by atoms with Crippen molar-refractivity contribution in [3.05, 3.63) is 12.1 Å². The quantitative estimate of drug-likeness (QED) is 0.878. The largest absolute Gasteiger partial charge is 0.470 e. The second-order valence-corrected chi connectivity index (χ2v) is 7.18. The minimum Gasteiger partial charge on any atom is -0.470 e. The highest BCUT2D eigenvalue weighted by Gasteiger charge is 2.28. The lowest BCUT2D eigenvalue weighted by molar-refractivity contribution is 0.125. The first-order chi connectivity index (χ1) is 9.27. The van der Waals surface area contributed by atoms with Crippen molar-refractivity contribution >= 4 is 11.5 Å². The maximum Gasteiger partial charge on any atom is 0.239 e. The molecule has 0 aliphatic heterocycles. The van der Waals surface area contributed by atoms with Crippen LogP contribution in [0.25, 0.3) is 0 Å². The molecular weight excluding hydrogens is 250 g/mol. The first-order valence-corrected chi connectivity index (χ1v) is 7.47. The van der Waals surface area contributed by atoms with Crippen molar-refractivity contribution in [2.45, 2.75) is 59.0 Å². The Morgan fingerprint density at radius 2 is 1.95 bits per heavy atom. The van der Waals surface area contributed by atoms with Gasteiger partial charge in [-0.15, -0.1) is 0 Å². The number of ether oxygens (including phenoxy) is 1. The average molecular weight is 277 g/mol. The number of hydrogen-bond acceptors (Lipinski definition) is 4. The van der Waals surface area contributed by atoms with E-state index in [2.05, 4.69) is 17.2 Å². The van der Waals surface area contributed by atoms with Crippen molar-refractivity contribution in [2.75, 3.05) is 17.6 Å². The standard InChI is InChI=1S/C16H27N3O/c1-15(2,3)20-14-12(17)7-8-13(19-14)18-11-16(4)9-5-6-10-16/h7-8H,5-6,9-11,17H2,1-4H3,(H,18,19). The molecule has 0 atom stereocenters. The molecule has 20 heavy (non-hydrogen) atoms. The Balaban J connectivity index is 2.03. The fourth-order valence-electron chi connectivity index (χ4n) is 2.63. The van der Waals surface area contributed by atoms with Crippen LogP contribution in [-0.4, -0.2) is 17.1 Å². The lowest BCUT2D eigenvalue weighted by atomic mass is 9.89. The third-order valence-electron chi connectivity index (χ3n) is 3.80. The van der Waals surface area contributed by atoms with Gasteiger partial charge in [0.15, 0.2) is 0 Å². The fourth-order valence-corrected chi connectivity index (χ4v) is 2.63. The smallest absolute Gasteiger partial charge is 0.239 e. The van der Waals surface area contributed by atoms with Gasteiger partial charge in [0.1, 0.15) is 11.4 Å². The number of aromatic nitrogens is 1. The summed E-state index contributed by atoms with van der Waals surface area (Å²) in [4.78, 5) is 4.49. The molecule has 1 saturated carbocycles. The van der Waals surface area contributed by atoms with Gasteiger partial charge in [-0.1, -0.05) is 19.8 Å². The summed E-state index contributed by atoms with van der Waals surface area (Å²) in [5, 5.41) is 3.43. The van der Waals surface area contributed by atoms with Crippen LogP contribution in [0.5, 0.6) is 5.88 Å². The molecule has 3 N–H and O–H groups in total. The zero-order valence-electron chi connectivity index (χ0n) is 13.1. The predicted octanol–water partition coefficient (Wildman–Crippen LogP) is 3.83. The van der Waals surface area contributed by atoms with Gasteiger partial charge >= 0.3 is 0 Å². The van der Waals surface area contributed by atoms with Gasteiger partial charge in [-0.25, -0.2) is 0 Å². The predicted molar refractivity (Wildman–Crippen MR) is 84.1 cm³/mol. The SMILES string of the molecule is CC1(CNc2ccc(N)c(OC(C)(C)C)n2)CCCC1. The van der Waals surface area contributed by atoms with E-state index in [9.17, 15) is 0 Å². The van der Waals surface area contributed by atoms with Gasteiger partial charge in [0.25, 0.3) is 0 Å². The topological polar surface area (TPSA) is 60.2 Å². The van der Waals surface area contributed by atoms with E-state index in [-0.39, 0.29) is 5.60 Å². The molecule has 1 aromatic rings. The zero-order valence-corrected chi connectivity index (χ0v) is 13.1. The maximum absolute atomic E-state index is 5.93. The molecule has 112 valence electrons. The first kappa shape index (κ1) is 14.9. The van der Waals surface area contributed by atoms with Crippen LogP contribution >= 0.6 is 0 Å². The highest BCUT2D eigenvalue weighted by Crippen LogP contribution is 2.37. The molecule has 1 fully saturated rings. The van der Waals surface area contributed by atoms with E-state index in [1.807, 2.05) is 32.9 Å². The Kier molecular flexibility index (Phi) is 4.11. The van der Waals surface area contributed by atoms with Gasteiger partial charge in [-0.2, -0.15) is 4.98 Å². The lowest BCUT2D eigenvalue weighted by Gasteiger charge is -2.25. The summed E-state index contributed by atoms with van der Waals surface area (Å²) in [5.41, 5.74) is 6.61. The van der Waals surface area contributed by atoms with Crippen LogP contribution in [0.4, 0.5) is 11.5 Å². The molecule has 0 amide bonds. The number of nitrogens with two attached hydrogens (primary N) is 1. The number of nitrogens with one attached hydrogen (secondary N) is 1. The van der Waals surface area contributed by atoms with Crippen LogP contribution in [-0.2, 0) is 0 Å². The van der Waals surface area contributed by atoms with Crippen molar-refractivity contribution in [3.63, 3.8) is 0 Å². The summed E-state index contributed by atoms with van der Waals surface area (Å²) in [5.74, 6) is 1.35. The minimum atomic E-state index is -0.294. The van der Waals surface area contributed by atoms with Gasteiger partial charge in [-0.05, 0) is 51.2 Å². The Bertz CT molecular complexity index is 459. The van der Waals surface area contributed by atoms with E-state index in [4.69, 9.17) is 10.5 Å². The number of hydrogen-bond donors (Lipinski definition) is 2. The van der Waals surface area contributed by atoms with Crippen LogP contribution in [0.2, 0.25) is 0 Å². The van der Waals surface area contributed by atoms with E-state index < -0.39 is 0 Å². The van der Waals surface area contributed by atoms with E-state index in [1.54, 1.807) is 0 Å². The van der Waals surface area contributed by atoms with Crippen molar-refractivity contribution in [1.29, 1.82) is 0 Å². The minimum absolute atomic E-state index is 0.294. The van der Waals surface area contributed by atoms with Gasteiger partial charge in [0.05, 0.1) is 5.69 Å². The van der Waals surface area contributed by atoms with Gasteiger partial charge in [0, 0.05) is 6.54 Å². The van der Waals surface area contributed by atoms with Crippen LogP contribution < -0.4 is 15.8 Å². The molecule has 1 aliphatic rings. The average Bonchev–Trinajstić information content (AvgIpc) is 2.76. The van der Waals surface area contributed by atoms with Crippen LogP contribution in [0.3, 0.4) is 0 Å². The number of nitrogen functional groups attached to an aromatic ring is 1. The molecule has 4 heteroatoms. The molecule has 1 aliphatic carbocycles. The zero-order chi connectivity index (χ0) is 14.8. The van der Waals surface area contributed by atoms with Crippen molar-refractivity contribution < 1.29 is 4.74 Å². The van der Waals surface area contributed by atoms with E-state index in [1.165, 1.54) is 25.7 Å². The molecule has 1 heterocycles. The van der Waals surface area contributed by atoms with Gasteiger partial charge in [-0.3, -0.25) is 0 Å². The summed E-state index contributed by atoms with van der Waals surface area (Å²) < 4.78 is 5.79. The Morgan fingerprint density at radius 1 is 1.30 bits per heavy atom. The van der Waals surface area contributed by atoms with E-state index in [0.29, 0.717) is 17.0 Å². The molecule has 0 saturated heterocycles. The maximum atomic E-state index is 5.93. The Hall–Kier alpha value is -1.45. The third kappa shape index (κ3) is 4.02. The fraction of sp³-hybridized carbons (Fsp3) is 0.688. The van der Waals surface area contributed by atoms with Crippen molar-refractivity contribution in [3.8, 4) is 5.88 Å². The van der Waals surface area contributed by atoms with Crippen LogP contribution in [0, 0.1) is 5.41 Å². The third-order valence-corrected chi connectivity index (χ3v) is 3.80. The second kappa shape index (κ2) is 5.51. The van der Waals surface area contributed by atoms with Gasteiger partial charge < -0.3 is 15.8 Å². The number of pyridine rings is 1. The molecule has 0 unspecified atom stereocenters. The number of anilines is 2. The van der Waals surface area contributed by atoms with E-state index in [0.717, 1.165) is 12.4 Å². The lowest BCUT2D eigenvalue weighted by Crippen LogP contribution is -2.25. The van der Waals surface area contributed by atoms with Crippen LogP contribution in [0.1, 0.15) is 53.4 Å². The molecular formula is C16H27N3O. The second-order valence-electron chi connectivity index (χ2n) is 7.18. The molecule has 4 nitrogen and oxygen atoms in total. The van der Waals surface area contributed by atoms with E-state index >= 15 is 0 Å². The molecule has 0 bridgehead atoms. The highest BCUT2D eigenvalue weighted by atomic mass is 16.5. The molecule has 2 rings (SSSR count).